The summed E-state index contributed by atoms with van der Waals surface area (Å²) in [5, 5.41) is 0. The predicted molar refractivity (Wildman–Crippen MR) is 315 cm³/mol. The summed E-state index contributed by atoms with van der Waals surface area (Å²) in [6, 6.07) is 0. The van der Waals surface area contributed by atoms with E-state index in [-0.39, 0.29) is 44.0 Å². The van der Waals surface area contributed by atoms with E-state index >= 15 is 0 Å². The molecular formula is C67H102O6. The summed E-state index contributed by atoms with van der Waals surface area (Å²) in [6.07, 6.45) is 88.1. The number of unbranched alkanes of at least 4 members (excludes halogenated alkanes) is 10. The number of allylic oxidation sites excluding steroid dienone is 28. The average molecular weight is 1000 g/mol. The molecule has 6 nitrogen and oxygen atoms in total. The lowest BCUT2D eigenvalue weighted by atomic mass is 10.1. The normalized spacial score (nSPS) is 13.4. The minimum atomic E-state index is -0.823. The van der Waals surface area contributed by atoms with Gasteiger partial charge in [0.2, 0.25) is 0 Å². The van der Waals surface area contributed by atoms with Crippen molar-refractivity contribution in [3.63, 3.8) is 0 Å². The summed E-state index contributed by atoms with van der Waals surface area (Å²) < 4.78 is 16.7. The Bertz CT molecular complexity index is 1720. The Morgan fingerprint density at radius 1 is 0.288 bits per heavy atom. The average Bonchev–Trinajstić information content (AvgIpc) is 3.39. The Morgan fingerprint density at radius 3 is 0.836 bits per heavy atom. The number of hydrogen-bond donors (Lipinski definition) is 0. The molecule has 0 aliphatic carbocycles. The van der Waals surface area contributed by atoms with Crippen LogP contribution in [0.3, 0.4) is 0 Å². The first-order valence-electron chi connectivity index (χ1n) is 28.6. The van der Waals surface area contributed by atoms with Gasteiger partial charge < -0.3 is 14.2 Å². The van der Waals surface area contributed by atoms with E-state index in [9.17, 15) is 14.4 Å². The lowest BCUT2D eigenvalue weighted by molar-refractivity contribution is -0.167. The zero-order valence-electron chi connectivity index (χ0n) is 46.3. The minimum Gasteiger partial charge on any atom is -0.462 e. The Morgan fingerprint density at radius 2 is 0.534 bits per heavy atom. The third kappa shape index (κ3) is 57.5. The van der Waals surface area contributed by atoms with Crippen LogP contribution in [0.15, 0.2) is 170 Å². The molecule has 0 aromatic heterocycles. The molecule has 0 aromatic rings. The Hall–Kier alpha value is -5.23. The molecule has 1 atom stereocenters. The van der Waals surface area contributed by atoms with Crippen molar-refractivity contribution in [2.45, 2.75) is 219 Å². The second-order valence-corrected chi connectivity index (χ2v) is 18.1. The smallest absolute Gasteiger partial charge is 0.306 e. The van der Waals surface area contributed by atoms with Gasteiger partial charge in [-0.1, -0.05) is 229 Å². The zero-order valence-corrected chi connectivity index (χ0v) is 46.3. The summed E-state index contributed by atoms with van der Waals surface area (Å²) in [7, 11) is 0. The highest BCUT2D eigenvalue weighted by atomic mass is 16.6. The Kier molecular flexibility index (Phi) is 55.1. The fourth-order valence-electron chi connectivity index (χ4n) is 6.99. The van der Waals surface area contributed by atoms with Crippen molar-refractivity contribution in [2.24, 2.45) is 0 Å². The van der Waals surface area contributed by atoms with E-state index in [1.807, 2.05) is 0 Å². The fraction of sp³-hybridized carbons (Fsp3) is 0.537. The number of carbonyl (C=O) groups excluding carboxylic acids is 3. The largest absolute Gasteiger partial charge is 0.462 e. The van der Waals surface area contributed by atoms with Crippen molar-refractivity contribution < 1.29 is 28.6 Å². The topological polar surface area (TPSA) is 78.9 Å². The van der Waals surface area contributed by atoms with Gasteiger partial charge in [0.15, 0.2) is 6.10 Å². The van der Waals surface area contributed by atoms with Crippen molar-refractivity contribution in [2.75, 3.05) is 13.2 Å². The highest BCUT2D eigenvalue weighted by Gasteiger charge is 2.19. The number of carbonyl (C=O) groups is 3. The summed E-state index contributed by atoms with van der Waals surface area (Å²) in [6.45, 7) is 6.26. The van der Waals surface area contributed by atoms with Crippen molar-refractivity contribution in [3.8, 4) is 0 Å². The molecule has 0 rings (SSSR count). The summed E-state index contributed by atoms with van der Waals surface area (Å²) in [5.74, 6) is -1.02. The molecule has 406 valence electrons. The van der Waals surface area contributed by atoms with E-state index in [0.717, 1.165) is 135 Å². The molecule has 1 unspecified atom stereocenters. The molecule has 0 bridgehead atoms. The summed E-state index contributed by atoms with van der Waals surface area (Å²) in [5.41, 5.74) is 0. The molecule has 0 fully saturated rings. The van der Waals surface area contributed by atoms with E-state index < -0.39 is 6.10 Å². The molecule has 0 heterocycles. The van der Waals surface area contributed by atoms with E-state index in [0.29, 0.717) is 19.3 Å². The standard InChI is InChI=1S/C67H102O6/c1-4-7-10-13-16-18-20-22-24-25-26-27-28-29-30-31-32-33-34-35-36-37-38-39-40-41-43-44-46-48-51-54-57-60-66(69)72-63-64(62-71-65(68)59-56-53-50-15-12-9-6-3)73-67(70)61-58-55-52-49-47-45-42-23-21-19-17-14-11-8-5-2/h7-8,10-11,16-19,22-24,26-27,29-30,32-33,35-36,38-39,41-43,46-49,64H,4-6,9,12-15,20-21,25,28,31,34,37,40,44-45,50-63H2,1-3H3/b10-7-,11-8-,18-16-,19-17-,24-22-,27-26-,30-29-,33-32-,36-35-,39-38-,42-23-,43-41-,48-46-,49-47-. The monoisotopic (exact) mass is 1000 g/mol. The highest BCUT2D eigenvalue weighted by molar-refractivity contribution is 5.71. The van der Waals surface area contributed by atoms with Crippen LogP contribution >= 0.6 is 0 Å². The van der Waals surface area contributed by atoms with Crippen molar-refractivity contribution in [1.29, 1.82) is 0 Å². The maximum atomic E-state index is 12.8. The van der Waals surface area contributed by atoms with Gasteiger partial charge in [-0.05, 0) is 135 Å². The van der Waals surface area contributed by atoms with Gasteiger partial charge in [-0.3, -0.25) is 14.4 Å². The van der Waals surface area contributed by atoms with Crippen LogP contribution in [0.25, 0.3) is 0 Å². The Labute approximate surface area is 447 Å². The van der Waals surface area contributed by atoms with Crippen LogP contribution in [0.4, 0.5) is 0 Å². The number of rotatable bonds is 49. The van der Waals surface area contributed by atoms with Gasteiger partial charge in [0.1, 0.15) is 13.2 Å². The van der Waals surface area contributed by atoms with Gasteiger partial charge in [-0.15, -0.1) is 0 Å². The molecule has 0 amide bonds. The molecule has 0 saturated carbocycles. The lowest BCUT2D eigenvalue weighted by Gasteiger charge is -2.18. The molecule has 0 N–H and O–H groups in total. The van der Waals surface area contributed by atoms with E-state index in [1.165, 1.54) is 25.7 Å². The van der Waals surface area contributed by atoms with Crippen molar-refractivity contribution in [1.82, 2.24) is 0 Å². The molecule has 0 aromatic carbocycles. The minimum absolute atomic E-state index is 0.116. The molecule has 73 heavy (non-hydrogen) atoms. The van der Waals surface area contributed by atoms with Crippen LogP contribution in [0.1, 0.15) is 213 Å². The molecular weight excluding hydrogens is 901 g/mol. The van der Waals surface area contributed by atoms with Gasteiger partial charge in [0.05, 0.1) is 0 Å². The fourth-order valence-corrected chi connectivity index (χ4v) is 6.99. The number of hydrogen-bond acceptors (Lipinski definition) is 6. The summed E-state index contributed by atoms with van der Waals surface area (Å²) >= 11 is 0. The highest BCUT2D eigenvalue weighted by Crippen LogP contribution is 2.11. The maximum absolute atomic E-state index is 12.8. The maximum Gasteiger partial charge on any atom is 0.306 e. The molecule has 0 spiro atoms. The zero-order chi connectivity index (χ0) is 52.9. The van der Waals surface area contributed by atoms with E-state index in [1.54, 1.807) is 0 Å². The van der Waals surface area contributed by atoms with Crippen molar-refractivity contribution >= 4 is 17.9 Å². The van der Waals surface area contributed by atoms with Crippen LogP contribution in [0.5, 0.6) is 0 Å². The third-order valence-electron chi connectivity index (χ3n) is 11.2. The first-order valence-corrected chi connectivity index (χ1v) is 28.6. The van der Waals surface area contributed by atoms with E-state index in [4.69, 9.17) is 14.2 Å². The first-order chi connectivity index (χ1) is 36.0. The SMILES string of the molecule is CC/C=C\C/C=C\C/C=C\C/C=C\C/C=C\C/C=C\C/C=C\C/C=C\C/C=C\C/C=C\CCCCC(=O)OCC(COC(=O)CCCCCCCCC)OC(=O)CCCC/C=C\C/C=C\C/C=C\C/C=C\CC. The van der Waals surface area contributed by atoms with Gasteiger partial charge in [0, 0.05) is 19.3 Å². The third-order valence-corrected chi connectivity index (χ3v) is 11.2. The van der Waals surface area contributed by atoms with Crippen LogP contribution < -0.4 is 0 Å². The van der Waals surface area contributed by atoms with Crippen LogP contribution in [0.2, 0.25) is 0 Å². The molecule has 0 radical (unpaired) electrons. The van der Waals surface area contributed by atoms with Crippen LogP contribution in [-0.2, 0) is 28.6 Å². The Balaban J connectivity index is 4.31. The van der Waals surface area contributed by atoms with Crippen LogP contribution in [-0.4, -0.2) is 37.2 Å². The van der Waals surface area contributed by atoms with Crippen molar-refractivity contribution in [3.05, 3.63) is 170 Å². The number of esters is 3. The van der Waals surface area contributed by atoms with E-state index in [2.05, 4.69) is 191 Å². The molecule has 0 saturated heterocycles. The quantitative estimate of drug-likeness (QED) is 0.0261. The second-order valence-electron chi connectivity index (χ2n) is 18.1. The number of ether oxygens (including phenoxy) is 3. The van der Waals surface area contributed by atoms with Gasteiger partial charge in [-0.2, -0.15) is 0 Å². The van der Waals surface area contributed by atoms with Gasteiger partial charge >= 0.3 is 17.9 Å². The second kappa shape index (κ2) is 59.3. The molecule has 6 heteroatoms. The summed E-state index contributed by atoms with van der Waals surface area (Å²) in [4.78, 5) is 37.9. The predicted octanol–water partition coefficient (Wildman–Crippen LogP) is 19.5. The first kappa shape index (κ1) is 67.8. The van der Waals surface area contributed by atoms with Gasteiger partial charge in [0.25, 0.3) is 0 Å². The lowest BCUT2D eigenvalue weighted by Crippen LogP contribution is -2.30. The molecule has 0 aliphatic rings. The van der Waals surface area contributed by atoms with Crippen LogP contribution in [0, 0.1) is 0 Å². The van der Waals surface area contributed by atoms with Gasteiger partial charge in [-0.25, -0.2) is 0 Å². The molecule has 0 aliphatic heterocycles.